The lowest BCUT2D eigenvalue weighted by Crippen LogP contribution is -2.37. The smallest absolute Gasteiger partial charge is 0.263 e. The zero-order valence-corrected chi connectivity index (χ0v) is 12.1. The molecule has 1 aromatic heterocycles. The highest BCUT2D eigenvalue weighted by molar-refractivity contribution is 6.30. The highest BCUT2D eigenvalue weighted by atomic mass is 35.5. The second-order valence-electron chi connectivity index (χ2n) is 4.44. The molecular formula is C14H16ClN3O2. The molecule has 1 amide bonds. The molecule has 1 heterocycles. The Labute approximate surface area is 122 Å². The Bertz CT molecular complexity index is 554. The van der Waals surface area contributed by atoms with Crippen LogP contribution in [0, 0.1) is 0 Å². The van der Waals surface area contributed by atoms with E-state index >= 15 is 0 Å². The molecule has 1 aromatic carbocycles. The predicted octanol–water partition coefficient (Wildman–Crippen LogP) is 2.49. The van der Waals surface area contributed by atoms with E-state index in [-0.39, 0.29) is 5.91 Å². The fourth-order valence-electron chi connectivity index (χ4n) is 1.77. The number of hydrogen-bond donors (Lipinski definition) is 1. The molecule has 20 heavy (non-hydrogen) atoms. The molecule has 0 aliphatic carbocycles. The minimum atomic E-state index is -0.573. The standard InChI is InChI=1S/C14H16ClN3O2/c1-10(20-12-5-3-11(15)4-6-12)14(19)18(2)9-13-16-7-8-17-13/h3-8,10H,9H2,1-2H3,(H,16,17). The van der Waals surface area contributed by atoms with Gasteiger partial charge in [-0.1, -0.05) is 11.6 Å². The molecule has 0 saturated carbocycles. The maximum atomic E-state index is 12.2. The molecule has 1 N–H and O–H groups in total. The van der Waals surface area contributed by atoms with E-state index in [1.54, 1.807) is 55.5 Å². The van der Waals surface area contributed by atoms with E-state index in [0.717, 1.165) is 5.82 Å². The Morgan fingerprint density at radius 1 is 1.45 bits per heavy atom. The zero-order valence-electron chi connectivity index (χ0n) is 11.3. The Morgan fingerprint density at radius 3 is 2.75 bits per heavy atom. The van der Waals surface area contributed by atoms with Crippen LogP contribution >= 0.6 is 11.6 Å². The van der Waals surface area contributed by atoms with E-state index in [4.69, 9.17) is 16.3 Å². The molecule has 1 atom stereocenters. The zero-order chi connectivity index (χ0) is 14.5. The van der Waals surface area contributed by atoms with E-state index in [0.29, 0.717) is 17.3 Å². The van der Waals surface area contributed by atoms with Crippen LogP contribution < -0.4 is 4.74 Å². The topological polar surface area (TPSA) is 58.2 Å². The van der Waals surface area contributed by atoms with Gasteiger partial charge in [-0.25, -0.2) is 4.98 Å². The molecule has 1 unspecified atom stereocenters. The first-order chi connectivity index (χ1) is 9.56. The number of halogens is 1. The van der Waals surface area contributed by atoms with Crippen LogP contribution in [0.15, 0.2) is 36.7 Å². The normalized spacial score (nSPS) is 11.9. The molecule has 0 aliphatic heterocycles. The van der Waals surface area contributed by atoms with Gasteiger partial charge in [0.2, 0.25) is 0 Å². The number of nitrogens with zero attached hydrogens (tertiary/aromatic N) is 2. The molecule has 0 spiro atoms. The molecule has 0 saturated heterocycles. The summed E-state index contributed by atoms with van der Waals surface area (Å²) in [6.45, 7) is 2.13. The first-order valence-electron chi connectivity index (χ1n) is 6.21. The molecule has 0 radical (unpaired) electrons. The summed E-state index contributed by atoms with van der Waals surface area (Å²) in [5, 5.41) is 0.631. The molecule has 6 heteroatoms. The summed E-state index contributed by atoms with van der Waals surface area (Å²) >= 11 is 5.80. The summed E-state index contributed by atoms with van der Waals surface area (Å²) < 4.78 is 5.59. The number of rotatable bonds is 5. The first kappa shape index (κ1) is 14.4. The van der Waals surface area contributed by atoms with Crippen molar-refractivity contribution in [1.82, 2.24) is 14.9 Å². The lowest BCUT2D eigenvalue weighted by molar-refractivity contribution is -0.137. The number of benzene rings is 1. The van der Waals surface area contributed by atoms with Crippen molar-refractivity contribution >= 4 is 17.5 Å². The SMILES string of the molecule is CC(Oc1ccc(Cl)cc1)C(=O)N(C)Cc1ncc[nH]1. The van der Waals surface area contributed by atoms with Crippen molar-refractivity contribution in [3.63, 3.8) is 0 Å². The van der Waals surface area contributed by atoms with Crippen LogP contribution in [0.2, 0.25) is 5.02 Å². The van der Waals surface area contributed by atoms with Gasteiger partial charge in [0.15, 0.2) is 6.10 Å². The first-order valence-corrected chi connectivity index (χ1v) is 6.59. The van der Waals surface area contributed by atoms with Gasteiger partial charge in [-0.3, -0.25) is 4.79 Å². The summed E-state index contributed by atoms with van der Waals surface area (Å²) in [6, 6.07) is 6.92. The predicted molar refractivity (Wildman–Crippen MR) is 76.6 cm³/mol. The number of aromatic amines is 1. The highest BCUT2D eigenvalue weighted by Crippen LogP contribution is 2.17. The molecule has 0 bridgehead atoms. The number of carbonyl (C=O) groups excluding carboxylic acids is 1. The largest absolute Gasteiger partial charge is 0.481 e. The van der Waals surface area contributed by atoms with Crippen molar-refractivity contribution in [2.45, 2.75) is 19.6 Å². The lowest BCUT2D eigenvalue weighted by atomic mass is 10.3. The van der Waals surface area contributed by atoms with Gasteiger partial charge >= 0.3 is 0 Å². The number of imidazole rings is 1. The molecular weight excluding hydrogens is 278 g/mol. The third kappa shape index (κ3) is 3.74. The van der Waals surface area contributed by atoms with E-state index in [1.165, 1.54) is 0 Å². The maximum absolute atomic E-state index is 12.2. The van der Waals surface area contributed by atoms with Crippen LogP contribution in [0.1, 0.15) is 12.7 Å². The number of ether oxygens (including phenoxy) is 1. The van der Waals surface area contributed by atoms with E-state index < -0.39 is 6.10 Å². The summed E-state index contributed by atoms with van der Waals surface area (Å²) in [4.78, 5) is 20.8. The van der Waals surface area contributed by atoms with Gasteiger partial charge in [0, 0.05) is 24.5 Å². The summed E-state index contributed by atoms with van der Waals surface area (Å²) in [7, 11) is 1.71. The minimum absolute atomic E-state index is 0.114. The van der Waals surface area contributed by atoms with E-state index in [9.17, 15) is 4.79 Å². The molecule has 2 aromatic rings. The number of carbonyl (C=O) groups is 1. The van der Waals surface area contributed by atoms with Crippen LogP contribution in [0.25, 0.3) is 0 Å². The van der Waals surface area contributed by atoms with Crippen molar-refractivity contribution in [2.24, 2.45) is 0 Å². The van der Waals surface area contributed by atoms with Gasteiger partial charge in [0.1, 0.15) is 11.6 Å². The number of nitrogens with one attached hydrogen (secondary N) is 1. The van der Waals surface area contributed by atoms with Crippen molar-refractivity contribution < 1.29 is 9.53 Å². The van der Waals surface area contributed by atoms with E-state index in [1.807, 2.05) is 0 Å². The molecule has 0 fully saturated rings. The molecule has 106 valence electrons. The average Bonchev–Trinajstić information content (AvgIpc) is 2.93. The van der Waals surface area contributed by atoms with Gasteiger partial charge in [-0.15, -0.1) is 0 Å². The molecule has 2 rings (SSSR count). The summed E-state index contributed by atoms with van der Waals surface area (Å²) in [6.07, 6.45) is 2.80. The second-order valence-corrected chi connectivity index (χ2v) is 4.88. The van der Waals surface area contributed by atoms with Crippen LogP contribution in [0.3, 0.4) is 0 Å². The van der Waals surface area contributed by atoms with Gasteiger partial charge < -0.3 is 14.6 Å². The number of hydrogen-bond acceptors (Lipinski definition) is 3. The Morgan fingerprint density at radius 2 is 2.15 bits per heavy atom. The fourth-order valence-corrected chi connectivity index (χ4v) is 1.89. The summed E-state index contributed by atoms with van der Waals surface area (Å²) in [5.41, 5.74) is 0. The van der Waals surface area contributed by atoms with Gasteiger partial charge in [0.05, 0.1) is 6.54 Å². The van der Waals surface area contributed by atoms with Crippen LogP contribution in [0.5, 0.6) is 5.75 Å². The van der Waals surface area contributed by atoms with Crippen molar-refractivity contribution in [3.8, 4) is 5.75 Å². The van der Waals surface area contributed by atoms with E-state index in [2.05, 4.69) is 9.97 Å². The van der Waals surface area contributed by atoms with Gasteiger partial charge in [-0.2, -0.15) is 0 Å². The third-order valence-corrected chi connectivity index (χ3v) is 3.04. The third-order valence-electron chi connectivity index (χ3n) is 2.79. The fraction of sp³-hybridized carbons (Fsp3) is 0.286. The van der Waals surface area contributed by atoms with Crippen LogP contribution in [-0.4, -0.2) is 33.9 Å². The molecule has 5 nitrogen and oxygen atoms in total. The Balaban J connectivity index is 1.92. The van der Waals surface area contributed by atoms with Crippen molar-refractivity contribution in [2.75, 3.05) is 7.05 Å². The highest BCUT2D eigenvalue weighted by Gasteiger charge is 2.19. The molecule has 0 aliphatic rings. The van der Waals surface area contributed by atoms with Crippen LogP contribution in [-0.2, 0) is 11.3 Å². The minimum Gasteiger partial charge on any atom is -0.481 e. The number of aromatic nitrogens is 2. The average molecular weight is 294 g/mol. The monoisotopic (exact) mass is 293 g/mol. The van der Waals surface area contributed by atoms with Gasteiger partial charge in [-0.05, 0) is 31.2 Å². The quantitative estimate of drug-likeness (QED) is 0.921. The number of amides is 1. The summed E-state index contributed by atoms with van der Waals surface area (Å²) in [5.74, 6) is 1.23. The number of H-pyrrole nitrogens is 1. The lowest BCUT2D eigenvalue weighted by Gasteiger charge is -2.21. The second kappa shape index (κ2) is 6.43. The van der Waals surface area contributed by atoms with Crippen molar-refractivity contribution in [3.05, 3.63) is 47.5 Å². The number of likely N-dealkylation sites (N-methyl/N-ethyl adjacent to an activating group) is 1. The Hall–Kier alpha value is -2.01. The Kier molecular flexibility index (Phi) is 4.63. The van der Waals surface area contributed by atoms with Gasteiger partial charge in [0.25, 0.3) is 5.91 Å². The maximum Gasteiger partial charge on any atom is 0.263 e. The van der Waals surface area contributed by atoms with Crippen molar-refractivity contribution in [1.29, 1.82) is 0 Å². The van der Waals surface area contributed by atoms with Crippen LogP contribution in [0.4, 0.5) is 0 Å².